The highest BCUT2D eigenvalue weighted by atomic mass is 16.5. The minimum atomic E-state index is -0.930. The van der Waals surface area contributed by atoms with Gasteiger partial charge in [0.1, 0.15) is 11.3 Å². The molecule has 0 amide bonds. The minimum absolute atomic E-state index is 0.254. The van der Waals surface area contributed by atoms with Crippen molar-refractivity contribution < 1.29 is 14.6 Å². The van der Waals surface area contributed by atoms with Gasteiger partial charge in [-0.3, -0.25) is 0 Å². The van der Waals surface area contributed by atoms with E-state index in [2.05, 4.69) is 5.32 Å². The van der Waals surface area contributed by atoms with Crippen LogP contribution in [-0.4, -0.2) is 30.8 Å². The first-order valence-corrected chi connectivity index (χ1v) is 7.35. The molecule has 1 unspecified atom stereocenters. The zero-order valence-corrected chi connectivity index (χ0v) is 12.0. The number of aromatic carboxylic acids is 1. The van der Waals surface area contributed by atoms with Crippen molar-refractivity contribution in [2.75, 3.05) is 19.7 Å². The molecular formula is C16H23NO3. The molecule has 0 bridgehead atoms. The number of carbonyl (C=O) groups is 1. The zero-order valence-electron chi connectivity index (χ0n) is 12.0. The number of hydrogen-bond donors (Lipinski definition) is 2. The van der Waals surface area contributed by atoms with Crippen molar-refractivity contribution in [3.05, 3.63) is 29.3 Å². The number of benzene rings is 1. The van der Waals surface area contributed by atoms with Crippen LogP contribution in [-0.2, 0) is 0 Å². The number of carboxylic acid groups (broad SMARTS) is 1. The van der Waals surface area contributed by atoms with Crippen molar-refractivity contribution in [2.45, 2.75) is 32.6 Å². The summed E-state index contributed by atoms with van der Waals surface area (Å²) in [5.41, 5.74) is 1.13. The van der Waals surface area contributed by atoms with E-state index in [1.54, 1.807) is 12.1 Å². The summed E-state index contributed by atoms with van der Waals surface area (Å²) in [5, 5.41) is 12.6. The summed E-state index contributed by atoms with van der Waals surface area (Å²) >= 11 is 0. The van der Waals surface area contributed by atoms with E-state index in [0.29, 0.717) is 12.4 Å². The van der Waals surface area contributed by atoms with Crippen molar-refractivity contribution >= 4 is 5.97 Å². The Morgan fingerprint density at radius 1 is 1.50 bits per heavy atom. The number of hydrogen-bond acceptors (Lipinski definition) is 3. The summed E-state index contributed by atoms with van der Waals surface area (Å²) in [5.74, 6) is 0.324. The highest BCUT2D eigenvalue weighted by Gasteiger charge is 2.15. The molecule has 1 aromatic carbocycles. The smallest absolute Gasteiger partial charge is 0.339 e. The van der Waals surface area contributed by atoms with Gasteiger partial charge in [0.2, 0.25) is 0 Å². The number of para-hydroxylation sites is 1. The van der Waals surface area contributed by atoms with Crippen LogP contribution in [0.5, 0.6) is 5.75 Å². The summed E-state index contributed by atoms with van der Waals surface area (Å²) in [4.78, 5) is 11.2. The second kappa shape index (κ2) is 7.29. The van der Waals surface area contributed by atoms with Crippen molar-refractivity contribution in [1.82, 2.24) is 5.32 Å². The molecule has 0 aromatic heterocycles. The molecule has 1 fully saturated rings. The number of piperidine rings is 1. The van der Waals surface area contributed by atoms with Gasteiger partial charge >= 0.3 is 5.97 Å². The van der Waals surface area contributed by atoms with E-state index in [-0.39, 0.29) is 5.56 Å². The van der Waals surface area contributed by atoms with Gasteiger partial charge in [-0.05, 0) is 63.2 Å². The minimum Gasteiger partial charge on any atom is -0.492 e. The predicted octanol–water partition coefficient (Wildman–Crippen LogP) is 2.85. The molecule has 110 valence electrons. The predicted molar refractivity (Wildman–Crippen MR) is 78.5 cm³/mol. The molecular weight excluding hydrogens is 254 g/mol. The lowest BCUT2D eigenvalue weighted by Gasteiger charge is -2.22. The average molecular weight is 277 g/mol. The SMILES string of the molecule is Cc1cccc(C(=O)O)c1OCCCC1CCCNC1. The Balaban J connectivity index is 1.83. The molecule has 0 aliphatic carbocycles. The van der Waals surface area contributed by atoms with E-state index in [1.165, 1.54) is 12.8 Å². The Morgan fingerprint density at radius 2 is 2.35 bits per heavy atom. The van der Waals surface area contributed by atoms with Gasteiger partial charge in [0.05, 0.1) is 6.61 Å². The summed E-state index contributed by atoms with van der Waals surface area (Å²) in [6.07, 6.45) is 4.66. The van der Waals surface area contributed by atoms with Crippen LogP contribution in [0.3, 0.4) is 0 Å². The van der Waals surface area contributed by atoms with Gasteiger partial charge in [-0.15, -0.1) is 0 Å². The van der Waals surface area contributed by atoms with E-state index in [4.69, 9.17) is 9.84 Å². The van der Waals surface area contributed by atoms with Crippen LogP contribution < -0.4 is 10.1 Å². The molecule has 1 aliphatic heterocycles. The van der Waals surface area contributed by atoms with Crippen LogP contribution in [0.15, 0.2) is 18.2 Å². The van der Waals surface area contributed by atoms with Crippen molar-refractivity contribution in [3.63, 3.8) is 0 Å². The quantitative estimate of drug-likeness (QED) is 0.785. The monoisotopic (exact) mass is 277 g/mol. The normalized spacial score (nSPS) is 18.8. The lowest BCUT2D eigenvalue weighted by Crippen LogP contribution is -2.29. The maximum Gasteiger partial charge on any atom is 0.339 e. The fourth-order valence-corrected chi connectivity index (χ4v) is 2.73. The lowest BCUT2D eigenvalue weighted by atomic mass is 9.95. The highest BCUT2D eigenvalue weighted by molar-refractivity contribution is 5.91. The second-order valence-corrected chi connectivity index (χ2v) is 5.46. The fraction of sp³-hybridized carbons (Fsp3) is 0.562. The molecule has 2 rings (SSSR count). The number of carboxylic acids is 1. The topological polar surface area (TPSA) is 58.6 Å². The average Bonchev–Trinajstić information content (AvgIpc) is 2.45. The maximum absolute atomic E-state index is 11.2. The first-order valence-electron chi connectivity index (χ1n) is 7.35. The van der Waals surface area contributed by atoms with E-state index >= 15 is 0 Å². The number of nitrogens with one attached hydrogen (secondary N) is 1. The zero-order chi connectivity index (χ0) is 14.4. The molecule has 0 saturated carbocycles. The molecule has 1 aliphatic rings. The Labute approximate surface area is 120 Å². The van der Waals surface area contributed by atoms with Crippen LogP contribution in [0.2, 0.25) is 0 Å². The van der Waals surface area contributed by atoms with Crippen molar-refractivity contribution in [3.8, 4) is 5.75 Å². The van der Waals surface area contributed by atoms with E-state index in [1.807, 2.05) is 13.0 Å². The standard InChI is InChI=1S/C16H23NO3/c1-12-5-2-8-14(16(18)19)15(12)20-10-4-7-13-6-3-9-17-11-13/h2,5,8,13,17H,3-4,6-7,9-11H2,1H3,(H,18,19). The van der Waals surface area contributed by atoms with E-state index < -0.39 is 5.97 Å². The third kappa shape index (κ3) is 3.97. The Kier molecular flexibility index (Phi) is 5.41. The van der Waals surface area contributed by atoms with Crippen LogP contribution in [0.25, 0.3) is 0 Å². The third-order valence-corrected chi connectivity index (χ3v) is 3.84. The number of aryl methyl sites for hydroxylation is 1. The van der Waals surface area contributed by atoms with Crippen LogP contribution >= 0.6 is 0 Å². The molecule has 2 N–H and O–H groups in total. The van der Waals surface area contributed by atoms with Gasteiger partial charge in [0, 0.05) is 0 Å². The van der Waals surface area contributed by atoms with Crippen molar-refractivity contribution in [2.24, 2.45) is 5.92 Å². The molecule has 1 heterocycles. The Bertz CT molecular complexity index is 453. The molecule has 1 saturated heterocycles. The Morgan fingerprint density at radius 3 is 3.05 bits per heavy atom. The van der Waals surface area contributed by atoms with Crippen LogP contribution in [0, 0.1) is 12.8 Å². The van der Waals surface area contributed by atoms with Gasteiger partial charge in [-0.1, -0.05) is 12.1 Å². The van der Waals surface area contributed by atoms with Gasteiger partial charge in [0.15, 0.2) is 0 Å². The lowest BCUT2D eigenvalue weighted by molar-refractivity contribution is 0.0692. The highest BCUT2D eigenvalue weighted by Crippen LogP contribution is 2.24. The largest absolute Gasteiger partial charge is 0.492 e. The first kappa shape index (κ1) is 14.9. The molecule has 4 heteroatoms. The van der Waals surface area contributed by atoms with Gasteiger partial charge in [-0.25, -0.2) is 4.79 Å². The molecule has 0 radical (unpaired) electrons. The molecule has 0 spiro atoms. The molecule has 4 nitrogen and oxygen atoms in total. The molecule has 1 atom stereocenters. The third-order valence-electron chi connectivity index (χ3n) is 3.84. The Hall–Kier alpha value is -1.55. The molecule has 20 heavy (non-hydrogen) atoms. The molecule has 1 aromatic rings. The second-order valence-electron chi connectivity index (χ2n) is 5.46. The first-order chi connectivity index (χ1) is 9.68. The summed E-state index contributed by atoms with van der Waals surface area (Å²) in [6, 6.07) is 5.22. The van der Waals surface area contributed by atoms with E-state index in [0.717, 1.165) is 37.4 Å². The van der Waals surface area contributed by atoms with Gasteiger partial charge in [0.25, 0.3) is 0 Å². The maximum atomic E-state index is 11.2. The van der Waals surface area contributed by atoms with Crippen LogP contribution in [0.4, 0.5) is 0 Å². The number of ether oxygens (including phenoxy) is 1. The summed E-state index contributed by atoms with van der Waals surface area (Å²) in [7, 11) is 0. The van der Waals surface area contributed by atoms with Crippen LogP contribution in [0.1, 0.15) is 41.6 Å². The fourth-order valence-electron chi connectivity index (χ4n) is 2.73. The van der Waals surface area contributed by atoms with Gasteiger partial charge < -0.3 is 15.2 Å². The van der Waals surface area contributed by atoms with E-state index in [9.17, 15) is 4.79 Å². The summed E-state index contributed by atoms with van der Waals surface area (Å²) in [6.45, 7) is 4.71. The summed E-state index contributed by atoms with van der Waals surface area (Å²) < 4.78 is 5.72. The van der Waals surface area contributed by atoms with Gasteiger partial charge in [-0.2, -0.15) is 0 Å². The number of rotatable bonds is 6. The van der Waals surface area contributed by atoms with Crippen molar-refractivity contribution in [1.29, 1.82) is 0 Å².